The summed E-state index contributed by atoms with van der Waals surface area (Å²) in [6.07, 6.45) is 1.89. The third kappa shape index (κ3) is 4.20. The third-order valence-corrected chi connectivity index (χ3v) is 3.91. The first-order chi connectivity index (χ1) is 7.91. The standard InChI is InChI=1S/C11H19N3OS2/c1-7(2)17-5-4-14-6-9(13-11(14)16)8(3)10(12)15/h6-8H,4-5H2,1-3H3,(H2,12,15)(H,13,16). The Morgan fingerprint density at radius 2 is 2.24 bits per heavy atom. The van der Waals surface area contributed by atoms with Crippen LogP contribution >= 0.6 is 24.0 Å². The number of carbonyl (C=O) groups excluding carboxylic acids is 1. The van der Waals surface area contributed by atoms with Crippen molar-refractivity contribution in [2.75, 3.05) is 5.75 Å². The van der Waals surface area contributed by atoms with Crippen molar-refractivity contribution in [2.24, 2.45) is 5.73 Å². The molecule has 0 aliphatic carbocycles. The lowest BCUT2D eigenvalue weighted by Gasteiger charge is -2.05. The summed E-state index contributed by atoms with van der Waals surface area (Å²) in [7, 11) is 0. The Balaban J connectivity index is 2.69. The molecule has 0 aromatic carbocycles. The van der Waals surface area contributed by atoms with Gasteiger partial charge in [0.25, 0.3) is 0 Å². The predicted octanol–water partition coefficient (Wildman–Crippen LogP) is 2.28. The Morgan fingerprint density at radius 3 is 2.76 bits per heavy atom. The fraction of sp³-hybridized carbons (Fsp3) is 0.636. The van der Waals surface area contributed by atoms with Crippen LogP contribution in [0.15, 0.2) is 6.20 Å². The van der Waals surface area contributed by atoms with Crippen LogP contribution < -0.4 is 5.73 Å². The van der Waals surface area contributed by atoms with E-state index in [9.17, 15) is 4.79 Å². The number of aromatic amines is 1. The zero-order valence-corrected chi connectivity index (χ0v) is 12.0. The van der Waals surface area contributed by atoms with E-state index in [4.69, 9.17) is 18.0 Å². The molecular weight excluding hydrogens is 254 g/mol. The quantitative estimate of drug-likeness (QED) is 0.782. The lowest BCUT2D eigenvalue weighted by molar-refractivity contribution is -0.119. The Labute approximate surface area is 111 Å². The summed E-state index contributed by atoms with van der Waals surface area (Å²) >= 11 is 7.09. The van der Waals surface area contributed by atoms with Gasteiger partial charge in [-0.05, 0) is 24.4 Å². The molecule has 1 unspecified atom stereocenters. The maximum absolute atomic E-state index is 11.1. The van der Waals surface area contributed by atoms with Gasteiger partial charge in [0, 0.05) is 24.2 Å². The molecular formula is C11H19N3OS2. The van der Waals surface area contributed by atoms with Gasteiger partial charge in [0.1, 0.15) is 0 Å². The number of aromatic nitrogens is 2. The lowest BCUT2D eigenvalue weighted by Crippen LogP contribution is -2.18. The molecule has 6 heteroatoms. The average Bonchev–Trinajstić information content (AvgIpc) is 2.58. The van der Waals surface area contributed by atoms with Crippen molar-refractivity contribution < 1.29 is 4.79 Å². The topological polar surface area (TPSA) is 63.8 Å². The fourth-order valence-electron chi connectivity index (χ4n) is 1.38. The number of H-pyrrole nitrogens is 1. The third-order valence-electron chi connectivity index (χ3n) is 2.48. The minimum absolute atomic E-state index is 0.323. The van der Waals surface area contributed by atoms with Crippen molar-refractivity contribution in [3.05, 3.63) is 16.7 Å². The van der Waals surface area contributed by atoms with E-state index in [1.54, 1.807) is 6.92 Å². The van der Waals surface area contributed by atoms with E-state index in [0.29, 0.717) is 10.0 Å². The second kappa shape index (κ2) is 6.26. The summed E-state index contributed by atoms with van der Waals surface area (Å²) in [4.78, 5) is 14.1. The highest BCUT2D eigenvalue weighted by atomic mass is 32.2. The van der Waals surface area contributed by atoms with Crippen LogP contribution in [0.2, 0.25) is 0 Å². The van der Waals surface area contributed by atoms with Crippen LogP contribution in [0.5, 0.6) is 0 Å². The van der Waals surface area contributed by atoms with Crippen molar-refractivity contribution in [3.63, 3.8) is 0 Å². The number of nitrogens with two attached hydrogens (primary N) is 1. The van der Waals surface area contributed by atoms with Crippen LogP contribution in [0.3, 0.4) is 0 Å². The highest BCUT2D eigenvalue weighted by Gasteiger charge is 2.14. The molecule has 0 bridgehead atoms. The van der Waals surface area contributed by atoms with Gasteiger partial charge in [-0.1, -0.05) is 13.8 Å². The molecule has 4 nitrogen and oxygen atoms in total. The van der Waals surface area contributed by atoms with Gasteiger partial charge >= 0.3 is 0 Å². The number of hydrogen-bond acceptors (Lipinski definition) is 3. The van der Waals surface area contributed by atoms with Crippen molar-refractivity contribution in [1.82, 2.24) is 9.55 Å². The zero-order chi connectivity index (χ0) is 13.0. The number of rotatable bonds is 6. The number of thioether (sulfide) groups is 1. The molecule has 1 rings (SSSR count). The summed E-state index contributed by atoms with van der Waals surface area (Å²) < 4.78 is 2.61. The average molecular weight is 273 g/mol. The zero-order valence-electron chi connectivity index (χ0n) is 10.4. The second-order valence-corrected chi connectivity index (χ2v) is 6.32. The predicted molar refractivity (Wildman–Crippen MR) is 74.8 cm³/mol. The highest BCUT2D eigenvalue weighted by Crippen LogP contribution is 2.14. The summed E-state index contributed by atoms with van der Waals surface area (Å²) in [5.74, 6) is 0.342. The molecule has 0 aliphatic rings. The van der Waals surface area contributed by atoms with E-state index in [0.717, 1.165) is 18.0 Å². The first-order valence-corrected chi connectivity index (χ1v) is 7.07. The second-order valence-electron chi connectivity index (χ2n) is 4.25. The van der Waals surface area contributed by atoms with Gasteiger partial charge in [0.05, 0.1) is 5.92 Å². The van der Waals surface area contributed by atoms with Crippen LogP contribution in [0.1, 0.15) is 32.4 Å². The smallest absolute Gasteiger partial charge is 0.226 e. The van der Waals surface area contributed by atoms with Gasteiger partial charge in [-0.25, -0.2) is 0 Å². The number of nitrogens with zero attached hydrogens (tertiary/aromatic N) is 1. The summed E-state index contributed by atoms with van der Waals surface area (Å²) in [6, 6.07) is 0. The van der Waals surface area contributed by atoms with Gasteiger partial charge in [0.2, 0.25) is 5.91 Å². The Bertz CT molecular complexity index is 436. The minimum Gasteiger partial charge on any atom is -0.369 e. The first-order valence-electron chi connectivity index (χ1n) is 5.62. The van der Waals surface area contributed by atoms with Crippen molar-refractivity contribution in [3.8, 4) is 0 Å². The maximum Gasteiger partial charge on any atom is 0.226 e. The number of amides is 1. The maximum atomic E-state index is 11.1. The summed E-state index contributed by atoms with van der Waals surface area (Å²) in [6.45, 7) is 6.96. The van der Waals surface area contributed by atoms with E-state index in [1.807, 2.05) is 22.5 Å². The van der Waals surface area contributed by atoms with Crippen LogP contribution in [0, 0.1) is 4.77 Å². The molecule has 1 aromatic heterocycles. The monoisotopic (exact) mass is 273 g/mol. The molecule has 0 saturated heterocycles. The molecule has 96 valence electrons. The van der Waals surface area contributed by atoms with Crippen LogP contribution in [-0.2, 0) is 11.3 Å². The molecule has 17 heavy (non-hydrogen) atoms. The van der Waals surface area contributed by atoms with Gasteiger partial charge in [-0.2, -0.15) is 11.8 Å². The van der Waals surface area contributed by atoms with E-state index < -0.39 is 0 Å². The van der Waals surface area contributed by atoms with E-state index >= 15 is 0 Å². The van der Waals surface area contributed by atoms with E-state index in [1.165, 1.54) is 0 Å². The molecule has 0 radical (unpaired) electrons. The van der Waals surface area contributed by atoms with Crippen molar-refractivity contribution in [2.45, 2.75) is 38.5 Å². The first kappa shape index (κ1) is 14.3. The van der Waals surface area contributed by atoms with Gasteiger partial charge in [-0.15, -0.1) is 0 Å². The number of imidazole rings is 1. The number of carbonyl (C=O) groups is 1. The van der Waals surface area contributed by atoms with Gasteiger partial charge < -0.3 is 15.3 Å². The molecule has 1 heterocycles. The number of nitrogens with one attached hydrogen (secondary N) is 1. The number of primary amides is 1. The number of hydrogen-bond donors (Lipinski definition) is 2. The Morgan fingerprint density at radius 1 is 1.59 bits per heavy atom. The van der Waals surface area contributed by atoms with Crippen LogP contribution in [-0.4, -0.2) is 26.5 Å². The van der Waals surface area contributed by atoms with Gasteiger partial charge in [0.15, 0.2) is 4.77 Å². The molecule has 0 saturated carbocycles. The number of aryl methyl sites for hydroxylation is 1. The van der Waals surface area contributed by atoms with Crippen LogP contribution in [0.25, 0.3) is 0 Å². The molecule has 0 spiro atoms. The van der Waals surface area contributed by atoms with Crippen molar-refractivity contribution >= 4 is 29.9 Å². The molecule has 0 aliphatic heterocycles. The summed E-state index contributed by atoms with van der Waals surface area (Å²) in [5.41, 5.74) is 6.05. The van der Waals surface area contributed by atoms with Crippen LogP contribution in [0.4, 0.5) is 0 Å². The van der Waals surface area contributed by atoms with Gasteiger partial charge in [-0.3, -0.25) is 4.79 Å². The van der Waals surface area contributed by atoms with E-state index in [-0.39, 0.29) is 11.8 Å². The lowest BCUT2D eigenvalue weighted by atomic mass is 10.1. The normalized spacial score (nSPS) is 12.9. The summed E-state index contributed by atoms with van der Waals surface area (Å²) in [5, 5.41) is 0.618. The molecule has 1 atom stereocenters. The molecule has 1 aromatic rings. The van der Waals surface area contributed by atoms with Crippen molar-refractivity contribution in [1.29, 1.82) is 0 Å². The SMILES string of the molecule is CC(C)SCCn1cc(C(C)C(N)=O)[nH]c1=S. The molecule has 1 amide bonds. The molecule has 3 N–H and O–H groups in total. The minimum atomic E-state index is -0.343. The fourth-order valence-corrected chi connectivity index (χ4v) is 2.42. The van der Waals surface area contributed by atoms with E-state index in [2.05, 4.69) is 18.8 Å². The Kier molecular flexibility index (Phi) is 5.27. The largest absolute Gasteiger partial charge is 0.369 e. The molecule has 0 fully saturated rings. The highest BCUT2D eigenvalue weighted by molar-refractivity contribution is 7.99. The Hall–Kier alpha value is -0.750.